The molecule has 1 unspecified atom stereocenters. The fourth-order valence-corrected chi connectivity index (χ4v) is 1.91. The summed E-state index contributed by atoms with van der Waals surface area (Å²) in [5.41, 5.74) is -0.678. The van der Waals surface area contributed by atoms with Gasteiger partial charge in [0.25, 0.3) is 0 Å². The molecule has 1 atom stereocenters. The summed E-state index contributed by atoms with van der Waals surface area (Å²) >= 11 is 1.60. The molecule has 66 valence electrons. The predicted octanol–water partition coefficient (Wildman–Crippen LogP) is 2.92. The lowest BCUT2D eigenvalue weighted by Gasteiger charge is -2.20. The molecule has 1 aromatic rings. The van der Waals surface area contributed by atoms with Crippen molar-refractivity contribution in [2.75, 3.05) is 0 Å². The molecule has 0 aliphatic rings. The molecule has 0 saturated carbocycles. The van der Waals surface area contributed by atoms with Gasteiger partial charge in [-0.3, -0.25) is 0 Å². The molecular weight excluding hydrogens is 168 g/mol. The molecule has 0 fully saturated rings. The van der Waals surface area contributed by atoms with Crippen LogP contribution in [0.2, 0.25) is 0 Å². The average Bonchev–Trinajstić information content (AvgIpc) is 2.53. The molecule has 2 heteroatoms. The van der Waals surface area contributed by atoms with Crippen molar-refractivity contribution >= 4 is 11.3 Å². The van der Waals surface area contributed by atoms with Crippen molar-refractivity contribution in [3.63, 3.8) is 0 Å². The molecule has 0 aliphatic heterocycles. The number of thiophene rings is 1. The van der Waals surface area contributed by atoms with Crippen LogP contribution in [0.15, 0.2) is 30.2 Å². The summed E-state index contributed by atoms with van der Waals surface area (Å²) in [6.07, 6.45) is 3.43. The smallest absolute Gasteiger partial charge is 0.0962 e. The summed E-state index contributed by atoms with van der Waals surface area (Å²) in [6.45, 7) is 5.49. The third-order valence-corrected chi connectivity index (χ3v) is 3.01. The summed E-state index contributed by atoms with van der Waals surface area (Å²) in [6, 6.07) is 3.93. The first kappa shape index (κ1) is 9.49. The van der Waals surface area contributed by atoms with Gasteiger partial charge in [-0.15, -0.1) is 17.9 Å². The maximum atomic E-state index is 9.97. The zero-order chi connectivity index (χ0) is 9.03. The fourth-order valence-electron chi connectivity index (χ4n) is 1.09. The second-order valence-corrected chi connectivity index (χ2v) is 4.03. The molecule has 1 N–H and O–H groups in total. The van der Waals surface area contributed by atoms with Crippen LogP contribution < -0.4 is 0 Å². The van der Waals surface area contributed by atoms with Crippen molar-refractivity contribution in [1.29, 1.82) is 0 Å². The Morgan fingerprint density at radius 3 is 3.00 bits per heavy atom. The van der Waals surface area contributed by atoms with Gasteiger partial charge in [0.05, 0.1) is 5.60 Å². The van der Waals surface area contributed by atoms with Gasteiger partial charge in [0, 0.05) is 4.88 Å². The predicted molar refractivity (Wildman–Crippen MR) is 53.3 cm³/mol. The van der Waals surface area contributed by atoms with Gasteiger partial charge >= 0.3 is 0 Å². The Bertz CT molecular complexity index is 236. The molecule has 0 saturated heterocycles. The summed E-state index contributed by atoms with van der Waals surface area (Å²) in [5.74, 6) is 0. The third kappa shape index (κ3) is 2.19. The Morgan fingerprint density at radius 2 is 2.50 bits per heavy atom. The van der Waals surface area contributed by atoms with E-state index < -0.39 is 5.60 Å². The molecule has 1 aromatic heterocycles. The van der Waals surface area contributed by atoms with E-state index in [1.54, 1.807) is 11.3 Å². The van der Waals surface area contributed by atoms with E-state index in [1.807, 2.05) is 30.5 Å². The minimum atomic E-state index is -0.678. The van der Waals surface area contributed by atoms with Crippen molar-refractivity contribution in [3.8, 4) is 0 Å². The highest BCUT2D eigenvalue weighted by Gasteiger charge is 2.22. The van der Waals surface area contributed by atoms with Crippen LogP contribution in [0.3, 0.4) is 0 Å². The summed E-state index contributed by atoms with van der Waals surface area (Å²) in [5, 5.41) is 12.0. The lowest BCUT2D eigenvalue weighted by Crippen LogP contribution is -2.18. The van der Waals surface area contributed by atoms with E-state index in [-0.39, 0.29) is 0 Å². The van der Waals surface area contributed by atoms with Crippen LogP contribution in [0.4, 0.5) is 0 Å². The molecule has 0 spiro atoms. The second kappa shape index (κ2) is 3.87. The first-order valence-corrected chi connectivity index (χ1v) is 4.92. The Labute approximate surface area is 77.4 Å². The van der Waals surface area contributed by atoms with Gasteiger partial charge in [-0.05, 0) is 31.2 Å². The van der Waals surface area contributed by atoms with E-state index in [9.17, 15) is 5.11 Å². The zero-order valence-electron chi connectivity index (χ0n) is 7.29. The summed E-state index contributed by atoms with van der Waals surface area (Å²) in [7, 11) is 0. The second-order valence-electron chi connectivity index (χ2n) is 3.08. The largest absolute Gasteiger partial charge is 0.385 e. The van der Waals surface area contributed by atoms with Gasteiger partial charge in [0.15, 0.2) is 0 Å². The van der Waals surface area contributed by atoms with E-state index in [1.165, 1.54) is 0 Å². The van der Waals surface area contributed by atoms with Gasteiger partial charge in [0.2, 0.25) is 0 Å². The van der Waals surface area contributed by atoms with Crippen LogP contribution in [0.25, 0.3) is 0 Å². The van der Waals surface area contributed by atoms with E-state index in [4.69, 9.17) is 0 Å². The van der Waals surface area contributed by atoms with Crippen LogP contribution in [0, 0.1) is 0 Å². The van der Waals surface area contributed by atoms with Crippen LogP contribution >= 0.6 is 11.3 Å². The molecule has 0 aliphatic carbocycles. The number of hydrogen-bond acceptors (Lipinski definition) is 2. The minimum absolute atomic E-state index is 0.678. The average molecular weight is 182 g/mol. The molecule has 1 rings (SSSR count). The molecule has 1 heterocycles. The quantitative estimate of drug-likeness (QED) is 0.710. The highest BCUT2D eigenvalue weighted by Crippen LogP contribution is 2.29. The van der Waals surface area contributed by atoms with Gasteiger partial charge < -0.3 is 5.11 Å². The minimum Gasteiger partial charge on any atom is -0.385 e. The monoisotopic (exact) mass is 182 g/mol. The first-order chi connectivity index (χ1) is 5.67. The van der Waals surface area contributed by atoms with E-state index in [2.05, 4.69) is 6.58 Å². The van der Waals surface area contributed by atoms with Gasteiger partial charge in [-0.2, -0.15) is 0 Å². The van der Waals surface area contributed by atoms with Crippen molar-refractivity contribution in [2.24, 2.45) is 0 Å². The number of hydrogen-bond donors (Lipinski definition) is 1. The van der Waals surface area contributed by atoms with Crippen LogP contribution in [-0.4, -0.2) is 5.11 Å². The standard InChI is InChI=1S/C10H14OS/c1-3-4-7-10(2,11)9-6-5-8-12-9/h3,5-6,8,11H,1,4,7H2,2H3. The number of aliphatic hydroxyl groups is 1. The summed E-state index contributed by atoms with van der Waals surface area (Å²) in [4.78, 5) is 1.03. The summed E-state index contributed by atoms with van der Waals surface area (Å²) < 4.78 is 0. The highest BCUT2D eigenvalue weighted by atomic mass is 32.1. The lowest BCUT2D eigenvalue weighted by molar-refractivity contribution is 0.0526. The van der Waals surface area contributed by atoms with Crippen LogP contribution in [0.1, 0.15) is 24.6 Å². The van der Waals surface area contributed by atoms with Crippen molar-refractivity contribution in [3.05, 3.63) is 35.0 Å². The fraction of sp³-hybridized carbons (Fsp3) is 0.400. The Kier molecular flexibility index (Phi) is 3.06. The molecule has 1 nitrogen and oxygen atoms in total. The molecular formula is C10H14OS. The lowest BCUT2D eigenvalue weighted by atomic mass is 9.98. The van der Waals surface area contributed by atoms with Crippen LogP contribution in [-0.2, 0) is 5.60 Å². The molecule has 12 heavy (non-hydrogen) atoms. The van der Waals surface area contributed by atoms with Gasteiger partial charge in [-0.1, -0.05) is 12.1 Å². The zero-order valence-corrected chi connectivity index (χ0v) is 8.10. The van der Waals surface area contributed by atoms with E-state index in [0.29, 0.717) is 0 Å². The molecule has 0 radical (unpaired) electrons. The molecule has 0 amide bonds. The first-order valence-electron chi connectivity index (χ1n) is 4.04. The maximum absolute atomic E-state index is 9.97. The van der Waals surface area contributed by atoms with E-state index in [0.717, 1.165) is 17.7 Å². The molecule has 0 bridgehead atoms. The van der Waals surface area contributed by atoms with E-state index >= 15 is 0 Å². The van der Waals surface area contributed by atoms with Crippen LogP contribution in [0.5, 0.6) is 0 Å². The van der Waals surface area contributed by atoms with Gasteiger partial charge in [0.1, 0.15) is 0 Å². The third-order valence-electron chi connectivity index (χ3n) is 1.89. The highest BCUT2D eigenvalue weighted by molar-refractivity contribution is 7.10. The SMILES string of the molecule is C=CCCC(C)(O)c1cccs1. The normalized spacial score (nSPS) is 15.5. The Balaban J connectivity index is 2.65. The number of rotatable bonds is 4. The van der Waals surface area contributed by atoms with Crippen molar-refractivity contribution in [1.82, 2.24) is 0 Å². The Hall–Kier alpha value is -0.600. The Morgan fingerprint density at radius 1 is 1.75 bits per heavy atom. The number of allylic oxidation sites excluding steroid dienone is 1. The topological polar surface area (TPSA) is 20.2 Å². The van der Waals surface area contributed by atoms with Gasteiger partial charge in [-0.25, -0.2) is 0 Å². The van der Waals surface area contributed by atoms with Crippen molar-refractivity contribution < 1.29 is 5.11 Å². The molecule has 0 aromatic carbocycles. The maximum Gasteiger partial charge on any atom is 0.0962 e. The van der Waals surface area contributed by atoms with Crippen molar-refractivity contribution in [2.45, 2.75) is 25.4 Å².